The first-order valence-electron chi connectivity index (χ1n) is 6.27. The molecule has 110 valence electrons. The summed E-state index contributed by atoms with van der Waals surface area (Å²) in [6.45, 7) is 0.209. The third kappa shape index (κ3) is 3.22. The van der Waals surface area contributed by atoms with Crippen molar-refractivity contribution in [3.8, 4) is 5.75 Å². The Hall–Kier alpha value is -1.76. The van der Waals surface area contributed by atoms with Crippen LogP contribution in [0.3, 0.4) is 0 Å². The molecule has 1 fully saturated rings. The third-order valence-corrected chi connectivity index (χ3v) is 5.60. The van der Waals surface area contributed by atoms with Gasteiger partial charge in [0.1, 0.15) is 5.75 Å². The fourth-order valence-electron chi connectivity index (χ4n) is 1.88. The van der Waals surface area contributed by atoms with Crippen molar-refractivity contribution in [3.63, 3.8) is 0 Å². The molecular weight excluding hydrogens is 278 g/mol. The third-order valence-electron chi connectivity index (χ3n) is 3.49. The predicted octanol–water partition coefficient (Wildman–Crippen LogP) is 0.999. The van der Waals surface area contributed by atoms with Crippen molar-refractivity contribution >= 4 is 21.5 Å². The normalized spacial score (nSPS) is 17.6. The van der Waals surface area contributed by atoms with Crippen LogP contribution in [0.25, 0.3) is 0 Å². The van der Waals surface area contributed by atoms with Crippen LogP contribution in [0.4, 0.5) is 5.69 Å². The Morgan fingerprint density at radius 2 is 2.00 bits per heavy atom. The first kappa shape index (κ1) is 14.6. The highest BCUT2D eigenvalue weighted by Gasteiger charge is 2.51. The zero-order valence-electron chi connectivity index (χ0n) is 11.6. The van der Waals surface area contributed by atoms with Crippen molar-refractivity contribution in [2.24, 2.45) is 10.7 Å². The standard InChI is InChI=1S/C13H19N3O3S/c1-19-11-5-3-10(4-6-11)16-12(14)15-9-13(7-8-13)20(2,17)18/h3-6H,7-9H2,1-2H3,(H3,14,15,16). The van der Waals surface area contributed by atoms with E-state index >= 15 is 0 Å². The van der Waals surface area contributed by atoms with E-state index in [4.69, 9.17) is 10.5 Å². The van der Waals surface area contributed by atoms with Crippen LogP contribution in [0.2, 0.25) is 0 Å². The smallest absolute Gasteiger partial charge is 0.193 e. The zero-order chi connectivity index (χ0) is 14.8. The molecule has 20 heavy (non-hydrogen) atoms. The lowest BCUT2D eigenvalue weighted by atomic mass is 10.3. The summed E-state index contributed by atoms with van der Waals surface area (Å²) in [7, 11) is -1.48. The van der Waals surface area contributed by atoms with Gasteiger partial charge in [0, 0.05) is 11.9 Å². The minimum atomic E-state index is -3.08. The van der Waals surface area contributed by atoms with Gasteiger partial charge in [0.05, 0.1) is 18.4 Å². The van der Waals surface area contributed by atoms with Crippen LogP contribution in [0.1, 0.15) is 12.8 Å². The molecule has 0 atom stereocenters. The molecule has 1 aliphatic rings. The molecule has 0 radical (unpaired) electrons. The number of sulfone groups is 1. The fraction of sp³-hybridized carbons (Fsp3) is 0.462. The van der Waals surface area contributed by atoms with E-state index in [1.165, 1.54) is 6.26 Å². The molecule has 6 nitrogen and oxygen atoms in total. The van der Waals surface area contributed by atoms with Gasteiger partial charge in [-0.2, -0.15) is 0 Å². The predicted molar refractivity (Wildman–Crippen MR) is 79.9 cm³/mol. The minimum absolute atomic E-state index is 0.209. The van der Waals surface area contributed by atoms with Crippen LogP contribution >= 0.6 is 0 Å². The van der Waals surface area contributed by atoms with Crippen LogP contribution in [0.5, 0.6) is 5.75 Å². The van der Waals surface area contributed by atoms with Crippen molar-refractivity contribution < 1.29 is 13.2 Å². The Morgan fingerprint density at radius 1 is 1.40 bits per heavy atom. The van der Waals surface area contributed by atoms with E-state index in [1.807, 2.05) is 12.1 Å². The van der Waals surface area contributed by atoms with Crippen LogP contribution < -0.4 is 15.8 Å². The average Bonchev–Trinajstić information content (AvgIpc) is 3.18. The maximum Gasteiger partial charge on any atom is 0.193 e. The van der Waals surface area contributed by atoms with E-state index in [2.05, 4.69) is 10.3 Å². The zero-order valence-corrected chi connectivity index (χ0v) is 12.4. The Morgan fingerprint density at radius 3 is 2.45 bits per heavy atom. The molecule has 0 bridgehead atoms. The number of hydrogen-bond donors (Lipinski definition) is 2. The van der Waals surface area contributed by atoms with Gasteiger partial charge in [0.2, 0.25) is 0 Å². The number of nitrogens with zero attached hydrogens (tertiary/aromatic N) is 1. The maximum absolute atomic E-state index is 11.6. The number of nitrogens with one attached hydrogen (secondary N) is 1. The van der Waals surface area contributed by atoms with Crippen molar-refractivity contribution in [2.75, 3.05) is 25.2 Å². The van der Waals surface area contributed by atoms with E-state index < -0.39 is 14.6 Å². The maximum atomic E-state index is 11.6. The molecule has 0 heterocycles. The summed E-state index contributed by atoms with van der Waals surface area (Å²) in [4.78, 5) is 4.14. The van der Waals surface area contributed by atoms with E-state index in [0.29, 0.717) is 12.8 Å². The second-order valence-electron chi connectivity index (χ2n) is 5.01. The molecule has 1 aromatic rings. The number of hydrogen-bond acceptors (Lipinski definition) is 4. The first-order chi connectivity index (χ1) is 9.36. The summed E-state index contributed by atoms with van der Waals surface area (Å²) in [5.74, 6) is 0.963. The Labute approximate surface area is 119 Å². The number of nitrogens with two attached hydrogens (primary N) is 1. The number of rotatable bonds is 5. The average molecular weight is 297 g/mol. The van der Waals surface area contributed by atoms with E-state index in [-0.39, 0.29) is 12.5 Å². The lowest BCUT2D eigenvalue weighted by Gasteiger charge is -2.11. The van der Waals surface area contributed by atoms with Gasteiger partial charge in [0.15, 0.2) is 15.8 Å². The highest BCUT2D eigenvalue weighted by molar-refractivity contribution is 7.92. The number of aliphatic imine (C=N–C) groups is 1. The second-order valence-corrected chi connectivity index (χ2v) is 7.42. The summed E-state index contributed by atoms with van der Waals surface area (Å²) in [5, 5.41) is 2.92. The summed E-state index contributed by atoms with van der Waals surface area (Å²) < 4.78 is 27.6. The van der Waals surface area contributed by atoms with Gasteiger partial charge in [-0.25, -0.2) is 8.42 Å². The molecule has 0 saturated heterocycles. The molecule has 3 N–H and O–H groups in total. The molecule has 0 aromatic heterocycles. The molecule has 0 aliphatic heterocycles. The quantitative estimate of drug-likeness (QED) is 0.624. The SMILES string of the molecule is COc1ccc(NC(N)=NCC2(S(C)(=O)=O)CC2)cc1. The number of anilines is 1. The lowest BCUT2D eigenvalue weighted by Crippen LogP contribution is -2.29. The number of ether oxygens (including phenoxy) is 1. The van der Waals surface area contributed by atoms with Gasteiger partial charge in [0.25, 0.3) is 0 Å². The summed E-state index contributed by atoms with van der Waals surface area (Å²) in [6.07, 6.45) is 2.57. The number of guanidine groups is 1. The van der Waals surface area contributed by atoms with Crippen LogP contribution in [0, 0.1) is 0 Å². The van der Waals surface area contributed by atoms with Gasteiger partial charge in [-0.1, -0.05) is 0 Å². The number of benzene rings is 1. The largest absolute Gasteiger partial charge is 0.497 e. The molecule has 7 heteroatoms. The highest BCUT2D eigenvalue weighted by Crippen LogP contribution is 2.43. The van der Waals surface area contributed by atoms with Gasteiger partial charge < -0.3 is 15.8 Å². The van der Waals surface area contributed by atoms with Crippen molar-refractivity contribution in [1.82, 2.24) is 0 Å². The fourth-order valence-corrected chi connectivity index (χ4v) is 3.02. The van der Waals surface area contributed by atoms with Gasteiger partial charge >= 0.3 is 0 Å². The van der Waals surface area contributed by atoms with Crippen LogP contribution in [-0.2, 0) is 9.84 Å². The molecule has 1 aromatic carbocycles. The number of methoxy groups -OCH3 is 1. The lowest BCUT2D eigenvalue weighted by molar-refractivity contribution is 0.415. The molecule has 0 spiro atoms. The first-order valence-corrected chi connectivity index (χ1v) is 8.16. The minimum Gasteiger partial charge on any atom is -0.497 e. The van der Waals surface area contributed by atoms with Gasteiger partial charge in [-0.05, 0) is 37.1 Å². The topological polar surface area (TPSA) is 93.8 Å². The monoisotopic (exact) mass is 297 g/mol. The van der Waals surface area contributed by atoms with Crippen molar-refractivity contribution in [1.29, 1.82) is 0 Å². The Bertz CT molecular complexity index is 604. The van der Waals surface area contributed by atoms with Crippen molar-refractivity contribution in [3.05, 3.63) is 24.3 Å². The summed E-state index contributed by atoms with van der Waals surface area (Å²) in [5.41, 5.74) is 6.54. The van der Waals surface area contributed by atoms with E-state index in [1.54, 1.807) is 19.2 Å². The molecule has 2 rings (SSSR count). The summed E-state index contributed by atoms with van der Waals surface area (Å²) >= 11 is 0. The van der Waals surface area contributed by atoms with E-state index in [9.17, 15) is 8.42 Å². The molecule has 0 unspecified atom stereocenters. The van der Waals surface area contributed by atoms with E-state index in [0.717, 1.165) is 11.4 Å². The van der Waals surface area contributed by atoms with Crippen molar-refractivity contribution in [2.45, 2.75) is 17.6 Å². The highest BCUT2D eigenvalue weighted by atomic mass is 32.2. The molecular formula is C13H19N3O3S. The Balaban J connectivity index is 1.97. The second kappa shape index (κ2) is 5.32. The Kier molecular flexibility index (Phi) is 3.89. The van der Waals surface area contributed by atoms with Gasteiger partial charge in [-0.15, -0.1) is 0 Å². The van der Waals surface area contributed by atoms with Gasteiger partial charge in [-0.3, -0.25) is 4.99 Å². The molecule has 1 saturated carbocycles. The van der Waals surface area contributed by atoms with Crippen LogP contribution in [0.15, 0.2) is 29.3 Å². The van der Waals surface area contributed by atoms with Crippen LogP contribution in [-0.4, -0.2) is 39.0 Å². The molecule has 1 aliphatic carbocycles. The summed E-state index contributed by atoms with van der Waals surface area (Å²) in [6, 6.07) is 7.22. The molecule has 0 amide bonds.